The van der Waals surface area contributed by atoms with E-state index in [1.807, 2.05) is 30.3 Å². The molecule has 2 rings (SSSR count). The number of rotatable bonds is 2. The SMILES string of the molecule is COC[C@@H]1O[C@H]1C#Cc1ccccc1. The van der Waals surface area contributed by atoms with E-state index in [-0.39, 0.29) is 12.2 Å². The van der Waals surface area contributed by atoms with E-state index < -0.39 is 0 Å². The smallest absolute Gasteiger partial charge is 0.147 e. The second-order valence-electron chi connectivity index (χ2n) is 3.19. The molecule has 72 valence electrons. The Hall–Kier alpha value is -1.30. The zero-order valence-corrected chi connectivity index (χ0v) is 8.07. The summed E-state index contributed by atoms with van der Waals surface area (Å²) in [5.74, 6) is 6.12. The number of ether oxygens (including phenoxy) is 2. The van der Waals surface area contributed by atoms with Gasteiger partial charge in [-0.15, -0.1) is 0 Å². The predicted octanol–water partition coefficient (Wildman–Crippen LogP) is 1.45. The molecule has 0 aromatic heterocycles. The van der Waals surface area contributed by atoms with Gasteiger partial charge in [0.25, 0.3) is 0 Å². The molecule has 0 spiro atoms. The van der Waals surface area contributed by atoms with Gasteiger partial charge in [0.1, 0.15) is 12.2 Å². The zero-order chi connectivity index (χ0) is 9.80. The Bertz CT molecular complexity index is 348. The van der Waals surface area contributed by atoms with Gasteiger partial charge in [-0.1, -0.05) is 30.0 Å². The van der Waals surface area contributed by atoms with Gasteiger partial charge < -0.3 is 9.47 Å². The van der Waals surface area contributed by atoms with Gasteiger partial charge in [-0.2, -0.15) is 0 Å². The maximum absolute atomic E-state index is 5.28. The molecule has 1 heterocycles. The molecule has 0 bridgehead atoms. The number of epoxide rings is 1. The van der Waals surface area contributed by atoms with Crippen molar-refractivity contribution in [2.24, 2.45) is 0 Å². The Labute approximate surface area is 83.8 Å². The van der Waals surface area contributed by atoms with E-state index in [4.69, 9.17) is 9.47 Å². The van der Waals surface area contributed by atoms with E-state index in [9.17, 15) is 0 Å². The van der Waals surface area contributed by atoms with Crippen LogP contribution < -0.4 is 0 Å². The van der Waals surface area contributed by atoms with Gasteiger partial charge >= 0.3 is 0 Å². The molecule has 2 nitrogen and oxygen atoms in total. The predicted molar refractivity (Wildman–Crippen MR) is 53.9 cm³/mol. The average molecular weight is 188 g/mol. The third-order valence-electron chi connectivity index (χ3n) is 2.05. The minimum Gasteiger partial charge on any atom is -0.382 e. The van der Waals surface area contributed by atoms with Crippen LogP contribution >= 0.6 is 0 Å². The minimum absolute atomic E-state index is 0.0650. The molecule has 0 N–H and O–H groups in total. The lowest BCUT2D eigenvalue weighted by Gasteiger charge is -1.87. The highest BCUT2D eigenvalue weighted by Crippen LogP contribution is 2.20. The number of hydrogen-bond acceptors (Lipinski definition) is 2. The lowest BCUT2D eigenvalue weighted by molar-refractivity contribution is 0.171. The average Bonchev–Trinajstić information content (AvgIpc) is 2.96. The molecule has 1 aliphatic heterocycles. The Morgan fingerprint density at radius 2 is 2.14 bits per heavy atom. The summed E-state index contributed by atoms with van der Waals surface area (Å²) in [4.78, 5) is 0. The maximum atomic E-state index is 5.28. The van der Waals surface area contributed by atoms with Crippen molar-refractivity contribution in [1.29, 1.82) is 0 Å². The van der Waals surface area contributed by atoms with E-state index >= 15 is 0 Å². The Balaban J connectivity index is 1.90. The highest BCUT2D eigenvalue weighted by atomic mass is 16.6. The summed E-state index contributed by atoms with van der Waals surface area (Å²) in [7, 11) is 1.67. The van der Waals surface area contributed by atoms with Crippen LogP contribution in [0.5, 0.6) is 0 Å². The standard InChI is InChI=1S/C12H12O2/c1-13-9-12-11(14-12)8-7-10-5-3-2-4-6-10/h2-6,11-12H,9H2,1H3/t11-,12-/m0/s1. The van der Waals surface area contributed by atoms with Gasteiger partial charge in [0, 0.05) is 12.7 Å². The van der Waals surface area contributed by atoms with Gasteiger partial charge in [-0.25, -0.2) is 0 Å². The topological polar surface area (TPSA) is 21.8 Å². The van der Waals surface area contributed by atoms with E-state index in [0.717, 1.165) is 5.56 Å². The Morgan fingerprint density at radius 3 is 2.86 bits per heavy atom. The summed E-state index contributed by atoms with van der Waals surface area (Å²) in [6, 6.07) is 9.91. The van der Waals surface area contributed by atoms with Crippen LogP contribution in [-0.2, 0) is 9.47 Å². The van der Waals surface area contributed by atoms with E-state index in [1.54, 1.807) is 7.11 Å². The summed E-state index contributed by atoms with van der Waals surface area (Å²) in [5.41, 5.74) is 1.03. The lowest BCUT2D eigenvalue weighted by Crippen LogP contribution is -2.00. The highest BCUT2D eigenvalue weighted by Gasteiger charge is 2.37. The fourth-order valence-corrected chi connectivity index (χ4v) is 1.24. The van der Waals surface area contributed by atoms with Crippen LogP contribution in [0.3, 0.4) is 0 Å². The molecule has 0 saturated carbocycles. The van der Waals surface area contributed by atoms with Gasteiger partial charge in [-0.3, -0.25) is 0 Å². The third-order valence-corrected chi connectivity index (χ3v) is 2.05. The zero-order valence-electron chi connectivity index (χ0n) is 8.07. The van der Waals surface area contributed by atoms with Crippen molar-refractivity contribution >= 4 is 0 Å². The van der Waals surface area contributed by atoms with E-state index in [1.165, 1.54) is 0 Å². The van der Waals surface area contributed by atoms with Crippen LogP contribution in [0, 0.1) is 11.8 Å². The third kappa shape index (κ3) is 2.35. The molecule has 1 saturated heterocycles. The van der Waals surface area contributed by atoms with Crippen LogP contribution in [-0.4, -0.2) is 25.9 Å². The largest absolute Gasteiger partial charge is 0.382 e. The lowest BCUT2D eigenvalue weighted by atomic mass is 10.2. The first-order valence-corrected chi connectivity index (χ1v) is 4.61. The van der Waals surface area contributed by atoms with Crippen molar-refractivity contribution in [2.45, 2.75) is 12.2 Å². The quantitative estimate of drug-likeness (QED) is 0.517. The van der Waals surface area contributed by atoms with Crippen molar-refractivity contribution in [2.75, 3.05) is 13.7 Å². The van der Waals surface area contributed by atoms with Crippen molar-refractivity contribution in [1.82, 2.24) is 0 Å². The van der Waals surface area contributed by atoms with Gasteiger partial charge in [0.2, 0.25) is 0 Å². The van der Waals surface area contributed by atoms with E-state index in [0.29, 0.717) is 6.61 Å². The maximum Gasteiger partial charge on any atom is 0.147 e. The summed E-state index contributed by atoms with van der Waals surface area (Å²) in [6.45, 7) is 0.633. The van der Waals surface area contributed by atoms with Crippen molar-refractivity contribution in [3.63, 3.8) is 0 Å². The highest BCUT2D eigenvalue weighted by molar-refractivity contribution is 5.35. The van der Waals surface area contributed by atoms with Crippen LogP contribution in [0.25, 0.3) is 0 Å². The molecule has 1 aliphatic rings. The van der Waals surface area contributed by atoms with Crippen LogP contribution in [0.1, 0.15) is 5.56 Å². The van der Waals surface area contributed by atoms with Gasteiger partial charge in [0.05, 0.1) is 6.61 Å². The minimum atomic E-state index is 0.0650. The normalized spacial score (nSPS) is 23.8. The van der Waals surface area contributed by atoms with Crippen molar-refractivity contribution in [3.8, 4) is 11.8 Å². The van der Waals surface area contributed by atoms with Crippen molar-refractivity contribution < 1.29 is 9.47 Å². The summed E-state index contributed by atoms with van der Waals surface area (Å²) < 4.78 is 10.2. The molecular weight excluding hydrogens is 176 g/mol. The molecule has 1 aromatic rings. The molecule has 0 aliphatic carbocycles. The fraction of sp³-hybridized carbons (Fsp3) is 0.333. The van der Waals surface area contributed by atoms with Gasteiger partial charge in [-0.05, 0) is 12.1 Å². The molecule has 1 fully saturated rings. The molecule has 0 radical (unpaired) electrons. The molecule has 1 aromatic carbocycles. The molecule has 0 amide bonds. The van der Waals surface area contributed by atoms with Gasteiger partial charge in [0.15, 0.2) is 0 Å². The number of methoxy groups -OCH3 is 1. The van der Waals surface area contributed by atoms with Crippen LogP contribution in [0.15, 0.2) is 30.3 Å². The fourth-order valence-electron chi connectivity index (χ4n) is 1.24. The monoisotopic (exact) mass is 188 g/mol. The Morgan fingerprint density at radius 1 is 1.36 bits per heavy atom. The molecule has 2 atom stereocenters. The number of benzene rings is 1. The van der Waals surface area contributed by atoms with Crippen molar-refractivity contribution in [3.05, 3.63) is 35.9 Å². The molecule has 0 unspecified atom stereocenters. The Kier molecular flexibility index (Phi) is 2.83. The first-order chi connectivity index (χ1) is 6.90. The van der Waals surface area contributed by atoms with E-state index in [2.05, 4.69) is 11.8 Å². The second kappa shape index (κ2) is 4.28. The number of hydrogen-bond donors (Lipinski definition) is 0. The first kappa shape index (κ1) is 9.26. The molecule has 2 heteroatoms. The summed E-state index contributed by atoms with van der Waals surface area (Å²) in [5, 5.41) is 0. The second-order valence-corrected chi connectivity index (χ2v) is 3.19. The summed E-state index contributed by atoms with van der Waals surface area (Å²) in [6.07, 6.45) is 0.242. The van der Waals surface area contributed by atoms with Crippen LogP contribution in [0.2, 0.25) is 0 Å². The molecule has 14 heavy (non-hydrogen) atoms. The first-order valence-electron chi connectivity index (χ1n) is 4.61. The molecular formula is C12H12O2. The van der Waals surface area contributed by atoms with Crippen LogP contribution in [0.4, 0.5) is 0 Å². The summed E-state index contributed by atoms with van der Waals surface area (Å²) >= 11 is 0.